The highest BCUT2D eigenvalue weighted by Gasteiger charge is 2.06. The molecular weight excluding hydrogens is 286 g/mol. The molecule has 0 aliphatic carbocycles. The molecule has 0 saturated carbocycles. The van der Waals surface area contributed by atoms with Crippen molar-refractivity contribution in [3.05, 3.63) is 28.2 Å². The van der Waals surface area contributed by atoms with E-state index in [9.17, 15) is 8.78 Å². The number of rotatable bonds is 4. The summed E-state index contributed by atoms with van der Waals surface area (Å²) in [6, 6.07) is 5.03. The molecule has 3 N–H and O–H groups in total. The molecule has 0 spiro atoms. The van der Waals surface area contributed by atoms with Gasteiger partial charge in [-0.2, -0.15) is 0 Å². The molecule has 0 saturated heterocycles. The lowest BCUT2D eigenvalue weighted by atomic mass is 10.2. The zero-order valence-corrected chi connectivity index (χ0v) is 10.0. The predicted octanol–water partition coefficient (Wildman–Crippen LogP) is 2.76. The van der Waals surface area contributed by atoms with E-state index in [1.54, 1.807) is 18.2 Å². The third kappa shape index (κ3) is 3.71. The van der Waals surface area contributed by atoms with E-state index in [2.05, 4.69) is 21.2 Å². The number of hydrogen-bond donors (Lipinski definition) is 2. The Hall–Kier alpha value is -0.750. The van der Waals surface area contributed by atoms with Gasteiger partial charge in [-0.25, -0.2) is 8.78 Å². The molecule has 0 heterocycles. The molecule has 0 amide bonds. The van der Waals surface area contributed by atoms with Gasteiger partial charge in [-0.05, 0) is 34.1 Å². The molecule has 0 radical (unpaired) electrons. The van der Waals surface area contributed by atoms with Crippen LogP contribution >= 0.6 is 28.1 Å². The van der Waals surface area contributed by atoms with Gasteiger partial charge in [-0.3, -0.25) is 0 Å². The van der Waals surface area contributed by atoms with Gasteiger partial charge < -0.3 is 11.1 Å². The maximum absolute atomic E-state index is 11.9. The second-order valence-corrected chi connectivity index (χ2v) is 4.13. The van der Waals surface area contributed by atoms with Crippen LogP contribution < -0.4 is 11.1 Å². The van der Waals surface area contributed by atoms with Crippen molar-refractivity contribution in [3.8, 4) is 0 Å². The second-order valence-electron chi connectivity index (χ2n) is 2.83. The Morgan fingerprint density at radius 2 is 2.20 bits per heavy atom. The first kappa shape index (κ1) is 12.3. The summed E-state index contributed by atoms with van der Waals surface area (Å²) in [6.45, 7) is -0.384. The van der Waals surface area contributed by atoms with E-state index in [0.29, 0.717) is 15.7 Å². The number of halogens is 3. The van der Waals surface area contributed by atoms with E-state index in [4.69, 9.17) is 18.0 Å². The van der Waals surface area contributed by atoms with E-state index in [-0.39, 0.29) is 11.5 Å². The fourth-order valence-electron chi connectivity index (χ4n) is 0.999. The fraction of sp³-hybridized carbons (Fsp3) is 0.222. The highest BCUT2D eigenvalue weighted by atomic mass is 79.9. The van der Waals surface area contributed by atoms with Crippen molar-refractivity contribution in [2.75, 3.05) is 11.9 Å². The van der Waals surface area contributed by atoms with Crippen LogP contribution in [0.15, 0.2) is 22.7 Å². The smallest absolute Gasteiger partial charge is 0.255 e. The van der Waals surface area contributed by atoms with E-state index >= 15 is 0 Å². The number of hydrogen-bond acceptors (Lipinski definition) is 2. The van der Waals surface area contributed by atoms with Crippen molar-refractivity contribution in [1.82, 2.24) is 0 Å². The van der Waals surface area contributed by atoms with Crippen molar-refractivity contribution < 1.29 is 8.78 Å². The van der Waals surface area contributed by atoms with Crippen LogP contribution in [0.4, 0.5) is 14.5 Å². The minimum absolute atomic E-state index is 0.274. The highest BCUT2D eigenvalue weighted by molar-refractivity contribution is 9.10. The number of alkyl halides is 2. The van der Waals surface area contributed by atoms with Gasteiger partial charge in [0.1, 0.15) is 4.99 Å². The molecule has 2 nitrogen and oxygen atoms in total. The lowest BCUT2D eigenvalue weighted by Crippen LogP contribution is -2.12. The van der Waals surface area contributed by atoms with Gasteiger partial charge in [0.15, 0.2) is 0 Å². The molecule has 82 valence electrons. The average molecular weight is 295 g/mol. The van der Waals surface area contributed by atoms with Gasteiger partial charge in [-0.1, -0.05) is 12.2 Å². The summed E-state index contributed by atoms with van der Waals surface area (Å²) >= 11 is 8.03. The van der Waals surface area contributed by atoms with Crippen molar-refractivity contribution in [3.63, 3.8) is 0 Å². The fourth-order valence-corrected chi connectivity index (χ4v) is 1.64. The summed E-state index contributed by atoms with van der Waals surface area (Å²) in [5.41, 5.74) is 6.71. The quantitative estimate of drug-likeness (QED) is 0.839. The van der Waals surface area contributed by atoms with Crippen LogP contribution in [0.3, 0.4) is 0 Å². The molecule has 15 heavy (non-hydrogen) atoms. The minimum Gasteiger partial charge on any atom is -0.389 e. The number of benzene rings is 1. The normalized spacial score (nSPS) is 10.4. The average Bonchev–Trinajstić information content (AvgIpc) is 2.15. The Balaban J connectivity index is 2.79. The largest absolute Gasteiger partial charge is 0.389 e. The first-order valence-electron chi connectivity index (χ1n) is 4.12. The number of anilines is 1. The zero-order chi connectivity index (χ0) is 11.4. The van der Waals surface area contributed by atoms with Gasteiger partial charge in [0.25, 0.3) is 6.43 Å². The van der Waals surface area contributed by atoms with Crippen LogP contribution in [-0.4, -0.2) is 18.0 Å². The SMILES string of the molecule is NC(=S)c1ccc(NCC(F)F)c(Br)c1. The van der Waals surface area contributed by atoms with Crippen molar-refractivity contribution in [1.29, 1.82) is 0 Å². The molecule has 0 aromatic heterocycles. The predicted molar refractivity (Wildman–Crippen MR) is 64.5 cm³/mol. The van der Waals surface area contributed by atoms with Crippen LogP contribution in [0.2, 0.25) is 0 Å². The van der Waals surface area contributed by atoms with Crippen LogP contribution in [0.25, 0.3) is 0 Å². The first-order chi connectivity index (χ1) is 7.00. The summed E-state index contributed by atoms with van der Waals surface area (Å²) in [5.74, 6) is 0. The molecule has 0 unspecified atom stereocenters. The topological polar surface area (TPSA) is 38.0 Å². The number of thiocarbonyl (C=S) groups is 1. The van der Waals surface area contributed by atoms with Gasteiger partial charge >= 0.3 is 0 Å². The van der Waals surface area contributed by atoms with E-state index < -0.39 is 6.43 Å². The number of nitrogens with two attached hydrogens (primary N) is 1. The summed E-state index contributed by atoms with van der Waals surface area (Å²) in [5, 5.41) is 2.60. The van der Waals surface area contributed by atoms with E-state index in [0.717, 1.165) is 0 Å². The van der Waals surface area contributed by atoms with Crippen LogP contribution in [0, 0.1) is 0 Å². The lowest BCUT2D eigenvalue weighted by molar-refractivity contribution is 0.163. The molecular formula is C9H9BrF2N2S. The summed E-state index contributed by atoms with van der Waals surface area (Å²) in [7, 11) is 0. The van der Waals surface area contributed by atoms with Gasteiger partial charge in [0.05, 0.1) is 6.54 Å². The van der Waals surface area contributed by atoms with Gasteiger partial charge in [0, 0.05) is 15.7 Å². The Bertz CT molecular complexity index is 371. The first-order valence-corrected chi connectivity index (χ1v) is 5.32. The second kappa shape index (κ2) is 5.37. The summed E-state index contributed by atoms with van der Waals surface area (Å²) in [6.07, 6.45) is -2.38. The van der Waals surface area contributed by atoms with Gasteiger partial charge in [0.2, 0.25) is 0 Å². The molecule has 1 aromatic carbocycles. The third-order valence-electron chi connectivity index (χ3n) is 1.70. The van der Waals surface area contributed by atoms with Crippen LogP contribution in [-0.2, 0) is 0 Å². The van der Waals surface area contributed by atoms with Crippen molar-refractivity contribution in [2.24, 2.45) is 5.73 Å². The molecule has 0 atom stereocenters. The van der Waals surface area contributed by atoms with E-state index in [1.807, 2.05) is 0 Å². The van der Waals surface area contributed by atoms with Crippen LogP contribution in [0.1, 0.15) is 5.56 Å². The molecule has 0 fully saturated rings. The Morgan fingerprint density at radius 3 is 2.67 bits per heavy atom. The monoisotopic (exact) mass is 294 g/mol. The van der Waals surface area contributed by atoms with Crippen LogP contribution in [0.5, 0.6) is 0 Å². The third-order valence-corrected chi connectivity index (χ3v) is 2.59. The molecule has 0 aliphatic heterocycles. The summed E-state index contributed by atoms with van der Waals surface area (Å²) in [4.78, 5) is 0.274. The zero-order valence-electron chi connectivity index (χ0n) is 7.64. The Morgan fingerprint density at radius 1 is 1.53 bits per heavy atom. The molecule has 6 heteroatoms. The van der Waals surface area contributed by atoms with Crippen molar-refractivity contribution in [2.45, 2.75) is 6.43 Å². The Kier molecular flexibility index (Phi) is 4.41. The van der Waals surface area contributed by atoms with E-state index in [1.165, 1.54) is 0 Å². The maximum atomic E-state index is 11.9. The van der Waals surface area contributed by atoms with Gasteiger partial charge in [-0.15, -0.1) is 0 Å². The Labute approximate surface area is 100.0 Å². The summed E-state index contributed by atoms with van der Waals surface area (Å²) < 4.78 is 24.5. The molecule has 1 rings (SSSR count). The minimum atomic E-state index is -2.38. The lowest BCUT2D eigenvalue weighted by Gasteiger charge is -2.09. The highest BCUT2D eigenvalue weighted by Crippen LogP contribution is 2.23. The molecule has 0 aliphatic rings. The van der Waals surface area contributed by atoms with Crippen molar-refractivity contribution >= 4 is 38.8 Å². The number of nitrogens with one attached hydrogen (secondary N) is 1. The standard InChI is InChI=1S/C9H9BrF2N2S/c10-6-3-5(9(13)15)1-2-7(6)14-4-8(11)12/h1-3,8,14H,4H2,(H2,13,15). The molecule has 1 aromatic rings. The molecule has 0 bridgehead atoms. The maximum Gasteiger partial charge on any atom is 0.255 e.